The van der Waals surface area contributed by atoms with Crippen molar-refractivity contribution in [1.82, 2.24) is 14.8 Å². The van der Waals surface area contributed by atoms with Crippen molar-refractivity contribution in [2.45, 2.75) is 18.3 Å². The predicted octanol–water partition coefficient (Wildman–Crippen LogP) is 5.51. The van der Waals surface area contributed by atoms with Crippen LogP contribution in [-0.2, 0) is 0 Å². The van der Waals surface area contributed by atoms with Gasteiger partial charge in [0.1, 0.15) is 5.82 Å². The predicted molar refractivity (Wildman–Crippen MR) is 95.3 cm³/mol. The third-order valence-corrected chi connectivity index (χ3v) is 4.98. The van der Waals surface area contributed by atoms with Gasteiger partial charge < -0.3 is 0 Å². The molecular weight excluding hydrogens is 349 g/mol. The maximum atomic E-state index is 5.97. The molecule has 0 saturated heterocycles. The zero-order chi connectivity index (χ0) is 16.0. The lowest BCUT2D eigenvalue weighted by Gasteiger charge is -2.07. The van der Waals surface area contributed by atoms with Gasteiger partial charge in [0.25, 0.3) is 0 Å². The largest absolute Gasteiger partial charge is 0.272 e. The van der Waals surface area contributed by atoms with E-state index in [4.69, 9.17) is 35.4 Å². The van der Waals surface area contributed by atoms with Crippen LogP contribution >= 0.6 is 35.4 Å². The summed E-state index contributed by atoms with van der Waals surface area (Å²) in [6, 6.07) is 15.7. The van der Waals surface area contributed by atoms with Crippen LogP contribution in [0.4, 0.5) is 0 Å². The lowest BCUT2D eigenvalue weighted by Crippen LogP contribution is -2.01. The Balaban J connectivity index is 1.68. The monoisotopic (exact) mass is 361 g/mol. The topological polar surface area (TPSA) is 33.6 Å². The molecule has 0 radical (unpaired) electrons. The molecule has 1 heterocycles. The van der Waals surface area contributed by atoms with Crippen LogP contribution in [0.3, 0.4) is 0 Å². The smallest absolute Gasteiger partial charge is 0.199 e. The minimum atomic E-state index is 0.361. The highest BCUT2D eigenvalue weighted by Gasteiger charge is 2.43. The molecule has 0 aliphatic heterocycles. The van der Waals surface area contributed by atoms with Crippen molar-refractivity contribution >= 4 is 35.4 Å². The van der Waals surface area contributed by atoms with E-state index >= 15 is 0 Å². The molecule has 0 bridgehead atoms. The Kier molecular flexibility index (Phi) is 3.76. The van der Waals surface area contributed by atoms with Crippen molar-refractivity contribution < 1.29 is 0 Å². The standard InChI is InChI=1S/C17H13Cl2N3S/c18-11-3-1-10(2-4-11)14-9-15(14)16-20-21-17(23)22(16)13-7-5-12(19)6-8-13/h1-8,14-15H,9H2,(H,21,23)/t14-,15-/m0/s1. The highest BCUT2D eigenvalue weighted by molar-refractivity contribution is 7.71. The van der Waals surface area contributed by atoms with Gasteiger partial charge in [0.15, 0.2) is 4.77 Å². The van der Waals surface area contributed by atoms with E-state index in [1.54, 1.807) is 0 Å². The Morgan fingerprint density at radius 1 is 0.957 bits per heavy atom. The molecule has 0 amide bonds. The number of hydrogen-bond acceptors (Lipinski definition) is 2. The Morgan fingerprint density at radius 3 is 2.22 bits per heavy atom. The zero-order valence-electron chi connectivity index (χ0n) is 12.0. The van der Waals surface area contributed by atoms with Crippen molar-refractivity contribution in [3.8, 4) is 5.69 Å². The average Bonchev–Trinajstić information content (AvgIpc) is 3.25. The van der Waals surface area contributed by atoms with E-state index in [1.165, 1.54) is 5.56 Å². The lowest BCUT2D eigenvalue weighted by molar-refractivity contribution is 0.846. The first-order valence-electron chi connectivity index (χ1n) is 7.32. The maximum absolute atomic E-state index is 5.97. The first-order chi connectivity index (χ1) is 11.1. The van der Waals surface area contributed by atoms with Crippen molar-refractivity contribution in [2.24, 2.45) is 0 Å². The average molecular weight is 362 g/mol. The van der Waals surface area contributed by atoms with Crippen molar-refractivity contribution in [3.63, 3.8) is 0 Å². The highest BCUT2D eigenvalue weighted by Crippen LogP contribution is 2.54. The number of H-pyrrole nitrogens is 1. The Morgan fingerprint density at radius 2 is 1.57 bits per heavy atom. The fraction of sp³-hybridized carbons (Fsp3) is 0.176. The molecule has 3 nitrogen and oxygen atoms in total. The number of aromatic amines is 1. The Labute approximate surface area is 148 Å². The summed E-state index contributed by atoms with van der Waals surface area (Å²) in [4.78, 5) is 0. The van der Waals surface area contributed by atoms with Gasteiger partial charge in [-0.3, -0.25) is 9.67 Å². The van der Waals surface area contributed by atoms with E-state index in [1.807, 2.05) is 41.0 Å². The molecule has 1 N–H and O–H groups in total. The van der Waals surface area contributed by atoms with Gasteiger partial charge in [0, 0.05) is 21.7 Å². The fourth-order valence-corrected chi connectivity index (χ4v) is 3.45. The third kappa shape index (κ3) is 2.82. The minimum Gasteiger partial charge on any atom is -0.272 e. The van der Waals surface area contributed by atoms with Crippen LogP contribution in [0.5, 0.6) is 0 Å². The first kappa shape index (κ1) is 14.9. The lowest BCUT2D eigenvalue weighted by atomic mass is 10.1. The molecule has 1 aliphatic rings. The second-order valence-electron chi connectivity index (χ2n) is 5.70. The third-order valence-electron chi connectivity index (χ3n) is 4.20. The summed E-state index contributed by atoms with van der Waals surface area (Å²) in [5.41, 5.74) is 2.26. The quantitative estimate of drug-likeness (QED) is 0.624. The Bertz CT molecular complexity index is 897. The molecule has 1 saturated carbocycles. The highest BCUT2D eigenvalue weighted by atomic mass is 35.5. The van der Waals surface area contributed by atoms with E-state index in [0.29, 0.717) is 21.6 Å². The molecule has 4 rings (SSSR count). The van der Waals surface area contributed by atoms with Crippen LogP contribution < -0.4 is 0 Å². The van der Waals surface area contributed by atoms with Gasteiger partial charge in [0.2, 0.25) is 0 Å². The summed E-state index contributed by atoms with van der Waals surface area (Å²) >= 11 is 17.3. The number of halogens is 2. The molecule has 23 heavy (non-hydrogen) atoms. The second-order valence-corrected chi connectivity index (χ2v) is 6.96. The Hall–Kier alpha value is -1.62. The van der Waals surface area contributed by atoms with Crippen LogP contribution in [0.1, 0.15) is 29.6 Å². The number of rotatable bonds is 3. The summed E-state index contributed by atoms with van der Waals surface area (Å²) in [6.45, 7) is 0. The molecule has 0 unspecified atom stereocenters. The number of aromatic nitrogens is 3. The number of nitrogens with zero attached hydrogens (tertiary/aromatic N) is 2. The molecule has 0 spiro atoms. The van der Waals surface area contributed by atoms with E-state index in [-0.39, 0.29) is 0 Å². The molecule has 2 atom stereocenters. The van der Waals surface area contributed by atoms with Gasteiger partial charge in [-0.1, -0.05) is 35.3 Å². The molecular formula is C17H13Cl2N3S. The van der Waals surface area contributed by atoms with Crippen LogP contribution in [0, 0.1) is 4.77 Å². The number of hydrogen-bond donors (Lipinski definition) is 1. The summed E-state index contributed by atoms with van der Waals surface area (Å²) in [6.07, 6.45) is 1.06. The molecule has 1 aliphatic carbocycles. The summed E-state index contributed by atoms with van der Waals surface area (Å²) in [5.74, 6) is 1.79. The van der Waals surface area contributed by atoms with Crippen LogP contribution in [-0.4, -0.2) is 14.8 Å². The van der Waals surface area contributed by atoms with Gasteiger partial charge in [0.05, 0.1) is 0 Å². The maximum Gasteiger partial charge on any atom is 0.199 e. The van der Waals surface area contributed by atoms with Gasteiger partial charge in [-0.15, -0.1) is 0 Å². The van der Waals surface area contributed by atoms with Gasteiger partial charge in [-0.2, -0.15) is 5.10 Å². The van der Waals surface area contributed by atoms with Gasteiger partial charge >= 0.3 is 0 Å². The van der Waals surface area contributed by atoms with Crippen LogP contribution in [0.15, 0.2) is 48.5 Å². The normalized spacial score (nSPS) is 19.7. The van der Waals surface area contributed by atoms with E-state index in [9.17, 15) is 0 Å². The fourth-order valence-electron chi connectivity index (χ4n) is 2.96. The van der Waals surface area contributed by atoms with Crippen LogP contribution in [0.2, 0.25) is 10.0 Å². The SMILES string of the molecule is S=c1[nH]nc([C@H]2C[C@H]2c2ccc(Cl)cc2)n1-c1ccc(Cl)cc1. The molecule has 2 aromatic carbocycles. The summed E-state index contributed by atoms with van der Waals surface area (Å²) < 4.78 is 2.59. The van der Waals surface area contributed by atoms with Crippen molar-refractivity contribution in [2.75, 3.05) is 0 Å². The number of benzene rings is 2. The van der Waals surface area contributed by atoms with Gasteiger partial charge in [-0.05, 0) is 66.5 Å². The minimum absolute atomic E-state index is 0.361. The molecule has 1 fully saturated rings. The van der Waals surface area contributed by atoms with Crippen LogP contribution in [0.25, 0.3) is 5.69 Å². The van der Waals surface area contributed by atoms with E-state index in [2.05, 4.69) is 22.3 Å². The van der Waals surface area contributed by atoms with Crippen molar-refractivity contribution in [1.29, 1.82) is 0 Å². The van der Waals surface area contributed by atoms with E-state index < -0.39 is 0 Å². The summed E-state index contributed by atoms with van der Waals surface area (Å²) in [5, 5.41) is 8.83. The molecule has 116 valence electrons. The first-order valence-corrected chi connectivity index (χ1v) is 8.48. The molecule has 6 heteroatoms. The second kappa shape index (κ2) is 5.78. The van der Waals surface area contributed by atoms with Gasteiger partial charge in [-0.25, -0.2) is 0 Å². The van der Waals surface area contributed by atoms with Crippen molar-refractivity contribution in [3.05, 3.63) is 74.7 Å². The number of nitrogens with one attached hydrogen (secondary N) is 1. The van der Waals surface area contributed by atoms with E-state index in [0.717, 1.165) is 23.0 Å². The summed E-state index contributed by atoms with van der Waals surface area (Å²) in [7, 11) is 0. The molecule has 3 aromatic rings. The zero-order valence-corrected chi connectivity index (χ0v) is 14.4. The molecule has 1 aromatic heterocycles.